The lowest BCUT2D eigenvalue weighted by Crippen LogP contribution is -2.27. The molecule has 3 heteroatoms. The fourth-order valence-electron chi connectivity index (χ4n) is 1.29. The van der Waals surface area contributed by atoms with Crippen LogP contribution in [0.15, 0.2) is 16.8 Å². The zero-order valence-electron chi connectivity index (χ0n) is 8.62. The molecule has 0 aliphatic carbocycles. The Kier molecular flexibility index (Phi) is 3.69. The van der Waals surface area contributed by atoms with E-state index in [1.807, 2.05) is 19.2 Å². The van der Waals surface area contributed by atoms with Gasteiger partial charge in [-0.2, -0.15) is 11.3 Å². The van der Waals surface area contributed by atoms with Gasteiger partial charge in [0.1, 0.15) is 0 Å². The molecular formula is C11H16O2S. The van der Waals surface area contributed by atoms with E-state index in [2.05, 4.69) is 11.4 Å². The molecule has 1 unspecified atom stereocenters. The van der Waals surface area contributed by atoms with Crippen molar-refractivity contribution in [2.45, 2.75) is 33.1 Å². The number of aryl methyl sites for hydroxylation is 1. The molecule has 0 spiro atoms. The number of rotatable bonds is 5. The van der Waals surface area contributed by atoms with Crippen molar-refractivity contribution in [3.63, 3.8) is 0 Å². The Morgan fingerprint density at radius 1 is 1.64 bits per heavy atom. The fourth-order valence-corrected chi connectivity index (χ4v) is 1.99. The highest BCUT2D eigenvalue weighted by atomic mass is 32.1. The predicted octanol–water partition coefficient (Wildman–Crippen LogP) is 3.18. The first-order valence-electron chi connectivity index (χ1n) is 4.83. The van der Waals surface area contributed by atoms with Gasteiger partial charge in [0.05, 0.1) is 5.41 Å². The normalized spacial score (nSPS) is 15.0. The van der Waals surface area contributed by atoms with E-state index in [-0.39, 0.29) is 0 Å². The van der Waals surface area contributed by atoms with Crippen LogP contribution >= 0.6 is 11.3 Å². The minimum absolute atomic E-state index is 0.568. The van der Waals surface area contributed by atoms with Crippen molar-refractivity contribution in [2.24, 2.45) is 5.41 Å². The molecule has 0 amide bonds. The fraction of sp³-hybridized carbons (Fsp3) is 0.545. The largest absolute Gasteiger partial charge is 0.481 e. The first kappa shape index (κ1) is 11.2. The summed E-state index contributed by atoms with van der Waals surface area (Å²) in [7, 11) is 0. The zero-order valence-corrected chi connectivity index (χ0v) is 9.43. The van der Waals surface area contributed by atoms with Crippen molar-refractivity contribution in [1.29, 1.82) is 0 Å². The molecule has 0 aliphatic heterocycles. The summed E-state index contributed by atoms with van der Waals surface area (Å²) in [4.78, 5) is 11.0. The van der Waals surface area contributed by atoms with Crippen LogP contribution in [0.25, 0.3) is 0 Å². The third kappa shape index (κ3) is 2.58. The minimum atomic E-state index is -0.685. The van der Waals surface area contributed by atoms with Crippen LogP contribution < -0.4 is 0 Å². The van der Waals surface area contributed by atoms with Gasteiger partial charge >= 0.3 is 5.97 Å². The maximum Gasteiger partial charge on any atom is 0.309 e. The van der Waals surface area contributed by atoms with Gasteiger partial charge in [-0.15, -0.1) is 0 Å². The standard InChI is InChI=1S/C11H16O2S/c1-3-11(2,10(12)13)6-4-9-5-7-14-8-9/h5,7-8H,3-4,6H2,1-2H3,(H,12,13). The minimum Gasteiger partial charge on any atom is -0.481 e. The second-order valence-electron chi connectivity index (χ2n) is 3.85. The topological polar surface area (TPSA) is 37.3 Å². The second kappa shape index (κ2) is 4.60. The van der Waals surface area contributed by atoms with E-state index < -0.39 is 11.4 Å². The number of thiophene rings is 1. The number of carboxylic acid groups (broad SMARTS) is 1. The Bertz CT molecular complexity index is 292. The highest BCUT2D eigenvalue weighted by molar-refractivity contribution is 7.07. The van der Waals surface area contributed by atoms with Gasteiger partial charge in [-0.1, -0.05) is 6.92 Å². The zero-order chi connectivity index (χ0) is 10.6. The molecule has 0 saturated carbocycles. The Hall–Kier alpha value is -0.830. The Labute approximate surface area is 88.6 Å². The number of hydrogen-bond donors (Lipinski definition) is 1. The van der Waals surface area contributed by atoms with E-state index in [0.29, 0.717) is 6.42 Å². The Morgan fingerprint density at radius 2 is 2.36 bits per heavy atom. The predicted molar refractivity (Wildman–Crippen MR) is 58.7 cm³/mol. The molecule has 0 aliphatic rings. The lowest BCUT2D eigenvalue weighted by Gasteiger charge is -2.22. The number of carboxylic acids is 1. The molecule has 0 bridgehead atoms. The van der Waals surface area contributed by atoms with Crippen molar-refractivity contribution in [3.05, 3.63) is 22.4 Å². The SMILES string of the molecule is CCC(C)(CCc1ccsc1)C(=O)O. The lowest BCUT2D eigenvalue weighted by atomic mass is 9.82. The summed E-state index contributed by atoms with van der Waals surface area (Å²) >= 11 is 1.66. The molecule has 1 aromatic rings. The molecule has 2 nitrogen and oxygen atoms in total. The van der Waals surface area contributed by atoms with E-state index in [1.54, 1.807) is 11.3 Å². The van der Waals surface area contributed by atoms with Crippen LogP contribution in [0, 0.1) is 5.41 Å². The van der Waals surface area contributed by atoms with Crippen molar-refractivity contribution in [2.75, 3.05) is 0 Å². The van der Waals surface area contributed by atoms with E-state index in [4.69, 9.17) is 5.11 Å². The monoisotopic (exact) mass is 212 g/mol. The van der Waals surface area contributed by atoms with Crippen molar-refractivity contribution < 1.29 is 9.90 Å². The third-order valence-corrected chi connectivity index (χ3v) is 3.57. The second-order valence-corrected chi connectivity index (χ2v) is 4.63. The van der Waals surface area contributed by atoms with Crippen molar-refractivity contribution in [1.82, 2.24) is 0 Å². The van der Waals surface area contributed by atoms with Gasteiger partial charge < -0.3 is 5.11 Å². The van der Waals surface area contributed by atoms with E-state index in [9.17, 15) is 4.79 Å². The van der Waals surface area contributed by atoms with Gasteiger partial charge in [0.25, 0.3) is 0 Å². The molecule has 1 aromatic heterocycles. The molecule has 0 aromatic carbocycles. The van der Waals surface area contributed by atoms with E-state index >= 15 is 0 Å². The maximum absolute atomic E-state index is 11.0. The highest BCUT2D eigenvalue weighted by Crippen LogP contribution is 2.28. The van der Waals surface area contributed by atoms with Crippen LogP contribution in [-0.4, -0.2) is 11.1 Å². The van der Waals surface area contributed by atoms with Gasteiger partial charge in [0, 0.05) is 0 Å². The molecule has 1 N–H and O–H groups in total. The molecule has 0 fully saturated rings. The smallest absolute Gasteiger partial charge is 0.309 e. The summed E-state index contributed by atoms with van der Waals surface area (Å²) in [5, 5.41) is 13.2. The lowest BCUT2D eigenvalue weighted by molar-refractivity contribution is -0.148. The van der Waals surface area contributed by atoms with Gasteiger partial charge in [0.15, 0.2) is 0 Å². The van der Waals surface area contributed by atoms with Gasteiger partial charge in [-0.05, 0) is 48.6 Å². The van der Waals surface area contributed by atoms with Crippen LogP contribution in [0.2, 0.25) is 0 Å². The molecular weight excluding hydrogens is 196 g/mol. The van der Waals surface area contributed by atoms with Crippen LogP contribution in [0.3, 0.4) is 0 Å². The molecule has 1 atom stereocenters. The van der Waals surface area contributed by atoms with Crippen LogP contribution in [0.1, 0.15) is 32.3 Å². The number of carbonyl (C=O) groups is 1. The van der Waals surface area contributed by atoms with Crippen molar-refractivity contribution >= 4 is 17.3 Å². The molecule has 1 rings (SSSR count). The number of hydrogen-bond acceptors (Lipinski definition) is 2. The molecule has 1 heterocycles. The summed E-state index contributed by atoms with van der Waals surface area (Å²) in [6.07, 6.45) is 2.27. The summed E-state index contributed by atoms with van der Waals surface area (Å²) in [6.45, 7) is 3.75. The molecule has 0 saturated heterocycles. The first-order chi connectivity index (χ1) is 6.58. The first-order valence-corrected chi connectivity index (χ1v) is 5.77. The summed E-state index contributed by atoms with van der Waals surface area (Å²) < 4.78 is 0. The van der Waals surface area contributed by atoms with Crippen LogP contribution in [-0.2, 0) is 11.2 Å². The van der Waals surface area contributed by atoms with Crippen LogP contribution in [0.5, 0.6) is 0 Å². The van der Waals surface area contributed by atoms with Gasteiger partial charge in [-0.25, -0.2) is 0 Å². The van der Waals surface area contributed by atoms with Gasteiger partial charge in [0.2, 0.25) is 0 Å². The van der Waals surface area contributed by atoms with Crippen LogP contribution in [0.4, 0.5) is 0 Å². The molecule has 78 valence electrons. The van der Waals surface area contributed by atoms with E-state index in [1.165, 1.54) is 5.56 Å². The van der Waals surface area contributed by atoms with E-state index in [0.717, 1.165) is 12.8 Å². The summed E-state index contributed by atoms with van der Waals surface area (Å²) in [5.41, 5.74) is 0.679. The number of aliphatic carboxylic acids is 1. The Morgan fingerprint density at radius 3 is 2.79 bits per heavy atom. The highest BCUT2D eigenvalue weighted by Gasteiger charge is 2.30. The molecule has 14 heavy (non-hydrogen) atoms. The molecule has 0 radical (unpaired) electrons. The Balaban J connectivity index is 2.54. The van der Waals surface area contributed by atoms with Crippen molar-refractivity contribution in [3.8, 4) is 0 Å². The average molecular weight is 212 g/mol. The van der Waals surface area contributed by atoms with Gasteiger partial charge in [-0.3, -0.25) is 4.79 Å². The summed E-state index contributed by atoms with van der Waals surface area (Å²) in [6, 6.07) is 2.06. The summed E-state index contributed by atoms with van der Waals surface area (Å²) in [5.74, 6) is -0.685. The third-order valence-electron chi connectivity index (χ3n) is 2.84. The maximum atomic E-state index is 11.0. The average Bonchev–Trinajstić information content (AvgIpc) is 2.66. The quantitative estimate of drug-likeness (QED) is 0.814.